The zero-order valence-electron chi connectivity index (χ0n) is 16.2. The fourth-order valence-corrected chi connectivity index (χ4v) is 3.58. The van der Waals surface area contributed by atoms with Crippen molar-refractivity contribution in [3.63, 3.8) is 0 Å². The van der Waals surface area contributed by atoms with Gasteiger partial charge in [0.05, 0.1) is 37.7 Å². The number of aliphatic hydroxyl groups excluding tert-OH is 1. The van der Waals surface area contributed by atoms with Gasteiger partial charge in [-0.3, -0.25) is 9.36 Å². The molecule has 3 aromatic heterocycles. The van der Waals surface area contributed by atoms with Gasteiger partial charge in [-0.1, -0.05) is 0 Å². The molecule has 29 heavy (non-hydrogen) atoms. The Morgan fingerprint density at radius 1 is 1.28 bits per heavy atom. The van der Waals surface area contributed by atoms with Crippen molar-refractivity contribution in [1.29, 1.82) is 0 Å². The van der Waals surface area contributed by atoms with Gasteiger partial charge < -0.3 is 20.3 Å². The van der Waals surface area contributed by atoms with Gasteiger partial charge in [-0.15, -0.1) is 0 Å². The van der Waals surface area contributed by atoms with E-state index in [0.717, 1.165) is 5.39 Å². The summed E-state index contributed by atoms with van der Waals surface area (Å²) in [7, 11) is 1.48. The van der Waals surface area contributed by atoms with Gasteiger partial charge in [0.1, 0.15) is 5.65 Å². The number of aryl methyl sites for hydroxylation is 1. The number of aromatic nitrogens is 5. The lowest BCUT2D eigenvalue weighted by molar-refractivity contribution is -0.0381. The Morgan fingerprint density at radius 3 is 2.66 bits per heavy atom. The molecule has 1 saturated carbocycles. The van der Waals surface area contributed by atoms with E-state index in [1.807, 2.05) is 6.92 Å². The summed E-state index contributed by atoms with van der Waals surface area (Å²) >= 11 is 0. The normalized spacial score (nSPS) is 18.6. The van der Waals surface area contributed by atoms with Crippen molar-refractivity contribution >= 4 is 17.0 Å². The van der Waals surface area contributed by atoms with Crippen molar-refractivity contribution in [2.75, 3.05) is 26.1 Å². The van der Waals surface area contributed by atoms with Gasteiger partial charge in [0.15, 0.2) is 0 Å². The summed E-state index contributed by atoms with van der Waals surface area (Å²) in [6.07, 6.45) is 4.42. The molecule has 0 spiro atoms. The molecule has 3 N–H and O–H groups in total. The third kappa shape index (κ3) is 3.52. The predicted octanol–water partition coefficient (Wildman–Crippen LogP) is 0.860. The van der Waals surface area contributed by atoms with Crippen molar-refractivity contribution in [3.8, 4) is 17.1 Å². The molecule has 1 aliphatic carbocycles. The molecular weight excluding hydrogens is 376 g/mol. The fraction of sp³-hybridized carbons (Fsp3) is 0.421. The molecule has 1 fully saturated rings. The zero-order chi connectivity index (χ0) is 20.5. The molecular formula is C19H22N6O4. The summed E-state index contributed by atoms with van der Waals surface area (Å²) in [4.78, 5) is 30.2. The zero-order valence-corrected chi connectivity index (χ0v) is 16.2. The molecule has 10 nitrogen and oxygen atoms in total. The predicted molar refractivity (Wildman–Crippen MR) is 106 cm³/mol. The van der Waals surface area contributed by atoms with E-state index in [2.05, 4.69) is 19.9 Å². The third-order valence-electron chi connectivity index (χ3n) is 5.10. The highest BCUT2D eigenvalue weighted by atomic mass is 16.5. The van der Waals surface area contributed by atoms with Gasteiger partial charge in [-0.25, -0.2) is 15.0 Å². The minimum atomic E-state index is -0.200. The first-order valence-corrected chi connectivity index (χ1v) is 9.30. The van der Waals surface area contributed by atoms with Crippen LogP contribution >= 0.6 is 0 Å². The van der Waals surface area contributed by atoms with Gasteiger partial charge in [0, 0.05) is 29.4 Å². The second-order valence-electron chi connectivity index (χ2n) is 6.94. The molecule has 0 bridgehead atoms. The quantitative estimate of drug-likeness (QED) is 0.619. The van der Waals surface area contributed by atoms with Crippen molar-refractivity contribution in [2.24, 2.45) is 0 Å². The van der Waals surface area contributed by atoms with Crippen LogP contribution in [0.15, 0.2) is 23.3 Å². The largest absolute Gasteiger partial charge is 0.467 e. The monoisotopic (exact) mass is 398 g/mol. The summed E-state index contributed by atoms with van der Waals surface area (Å²) in [6.45, 7) is 2.09. The number of aliphatic hydroxyl groups is 1. The van der Waals surface area contributed by atoms with Crippen LogP contribution in [0.1, 0.15) is 24.6 Å². The van der Waals surface area contributed by atoms with Gasteiger partial charge in [0.25, 0.3) is 5.56 Å². The van der Waals surface area contributed by atoms with E-state index in [1.165, 1.54) is 7.11 Å². The molecule has 0 aromatic carbocycles. The number of nitrogen functional groups attached to an aromatic ring is 1. The molecule has 1 aliphatic rings. The molecule has 0 unspecified atom stereocenters. The molecule has 3 heterocycles. The highest BCUT2D eigenvalue weighted by Gasteiger charge is 2.34. The summed E-state index contributed by atoms with van der Waals surface area (Å²) in [5, 5.41) is 9.67. The Labute approximate surface area is 166 Å². The third-order valence-corrected chi connectivity index (χ3v) is 5.10. The number of hydrogen-bond donors (Lipinski definition) is 2. The van der Waals surface area contributed by atoms with Crippen molar-refractivity contribution < 1.29 is 14.6 Å². The number of nitrogens with zero attached hydrogens (tertiary/aromatic N) is 5. The Hall–Kier alpha value is -3.11. The summed E-state index contributed by atoms with van der Waals surface area (Å²) in [5.74, 6) is 0.121. The molecule has 152 valence electrons. The van der Waals surface area contributed by atoms with Crippen LogP contribution in [-0.2, 0) is 4.74 Å². The first-order valence-electron chi connectivity index (χ1n) is 9.30. The van der Waals surface area contributed by atoms with Crippen LogP contribution in [0.5, 0.6) is 6.01 Å². The molecule has 0 saturated heterocycles. The highest BCUT2D eigenvalue weighted by Crippen LogP contribution is 2.36. The lowest BCUT2D eigenvalue weighted by Crippen LogP contribution is -2.39. The standard InChI is InChI=1S/C19H22N6O4/c1-10-14-7-15(11-8-21-19(28-2)22-9-11)17(27)25(16(14)24-18(20)23-10)12-5-13(6-12)29-4-3-26/h7-9,12-13,26H,3-6H2,1-2H3,(H2,20,23,24). The number of ether oxygens (including phenoxy) is 2. The first kappa shape index (κ1) is 19.2. The number of hydrogen-bond acceptors (Lipinski definition) is 9. The van der Waals surface area contributed by atoms with Crippen LogP contribution in [-0.4, -0.2) is 56.0 Å². The highest BCUT2D eigenvalue weighted by molar-refractivity contribution is 5.84. The molecule has 0 radical (unpaired) electrons. The van der Waals surface area contributed by atoms with Crippen molar-refractivity contribution in [3.05, 3.63) is 34.5 Å². The molecule has 10 heteroatoms. The number of fused-ring (bicyclic) bond motifs is 1. The topological polar surface area (TPSA) is 138 Å². The Bertz CT molecular complexity index is 1090. The minimum absolute atomic E-state index is 0.00218. The number of methoxy groups -OCH3 is 1. The van der Waals surface area contributed by atoms with Crippen LogP contribution in [0, 0.1) is 6.92 Å². The van der Waals surface area contributed by atoms with E-state index in [0.29, 0.717) is 35.3 Å². The van der Waals surface area contributed by atoms with Gasteiger partial charge in [-0.2, -0.15) is 4.98 Å². The number of anilines is 1. The lowest BCUT2D eigenvalue weighted by Gasteiger charge is -2.36. The van der Waals surface area contributed by atoms with Crippen LogP contribution in [0.3, 0.4) is 0 Å². The second-order valence-corrected chi connectivity index (χ2v) is 6.94. The summed E-state index contributed by atoms with van der Waals surface area (Å²) < 4.78 is 12.2. The Morgan fingerprint density at radius 2 is 2.00 bits per heavy atom. The van der Waals surface area contributed by atoms with Gasteiger partial charge in [-0.05, 0) is 25.8 Å². The van der Waals surface area contributed by atoms with E-state index >= 15 is 0 Å². The van der Waals surface area contributed by atoms with E-state index in [9.17, 15) is 4.79 Å². The van der Waals surface area contributed by atoms with Crippen LogP contribution in [0.2, 0.25) is 0 Å². The van der Waals surface area contributed by atoms with E-state index in [4.69, 9.17) is 20.3 Å². The SMILES string of the molecule is COc1ncc(-c2cc3c(C)nc(N)nc3n(C3CC(OCCO)C3)c2=O)cn1. The summed E-state index contributed by atoms with van der Waals surface area (Å²) in [6, 6.07) is 1.90. The molecule has 4 rings (SSSR count). The Balaban J connectivity index is 1.84. The lowest BCUT2D eigenvalue weighted by atomic mass is 9.88. The van der Waals surface area contributed by atoms with Crippen molar-refractivity contribution in [1.82, 2.24) is 24.5 Å². The van der Waals surface area contributed by atoms with E-state index < -0.39 is 0 Å². The second kappa shape index (κ2) is 7.72. The van der Waals surface area contributed by atoms with Crippen LogP contribution in [0.25, 0.3) is 22.2 Å². The number of pyridine rings is 1. The van der Waals surface area contributed by atoms with Gasteiger partial charge >= 0.3 is 6.01 Å². The average Bonchev–Trinajstić information content (AvgIpc) is 2.68. The molecule has 0 aliphatic heterocycles. The number of rotatable bonds is 6. The summed E-state index contributed by atoms with van der Waals surface area (Å²) in [5.41, 5.74) is 7.88. The molecule has 0 amide bonds. The maximum Gasteiger partial charge on any atom is 0.316 e. The smallest absolute Gasteiger partial charge is 0.316 e. The first-order chi connectivity index (χ1) is 14.0. The molecule has 0 atom stereocenters. The maximum atomic E-state index is 13.4. The average molecular weight is 398 g/mol. The van der Waals surface area contributed by atoms with E-state index in [1.54, 1.807) is 23.0 Å². The maximum absolute atomic E-state index is 13.4. The van der Waals surface area contributed by atoms with Crippen LogP contribution in [0.4, 0.5) is 5.95 Å². The van der Waals surface area contributed by atoms with Crippen LogP contribution < -0.4 is 16.0 Å². The molecule has 3 aromatic rings. The minimum Gasteiger partial charge on any atom is -0.467 e. The van der Waals surface area contributed by atoms with Crippen molar-refractivity contribution in [2.45, 2.75) is 31.9 Å². The fourth-order valence-electron chi connectivity index (χ4n) is 3.58. The Kier molecular flexibility index (Phi) is 5.12. The number of nitrogens with two attached hydrogens (primary N) is 1. The van der Waals surface area contributed by atoms with E-state index in [-0.39, 0.29) is 42.9 Å². The van der Waals surface area contributed by atoms with Gasteiger partial charge in [0.2, 0.25) is 5.95 Å².